The lowest BCUT2D eigenvalue weighted by Crippen LogP contribution is -2.27. The van der Waals surface area contributed by atoms with Crippen molar-refractivity contribution in [2.75, 3.05) is 11.4 Å². The Bertz CT molecular complexity index is 636. The Morgan fingerprint density at radius 1 is 0.889 bits per heavy atom. The van der Waals surface area contributed by atoms with Crippen molar-refractivity contribution in [2.45, 2.75) is 11.8 Å². The van der Waals surface area contributed by atoms with E-state index >= 15 is 0 Å². The van der Waals surface area contributed by atoms with Gasteiger partial charge in [0.15, 0.2) is 0 Å². The summed E-state index contributed by atoms with van der Waals surface area (Å²) in [6, 6.07) is 15.9. The smallest absolute Gasteiger partial charge is 0.264 e. The van der Waals surface area contributed by atoms with Crippen LogP contribution in [-0.4, -0.2) is 15.5 Å². The fourth-order valence-corrected chi connectivity index (χ4v) is 3.08. The molecule has 18 heavy (non-hydrogen) atoms. The van der Waals surface area contributed by atoms with Crippen molar-refractivity contribution in [1.29, 1.82) is 0 Å². The maximum Gasteiger partial charge on any atom is 0.264 e. The molecule has 0 aromatic heterocycles. The van der Waals surface area contributed by atoms with Gasteiger partial charge in [0, 0.05) is 7.05 Å². The fourth-order valence-electron chi connectivity index (χ4n) is 1.80. The highest BCUT2D eigenvalue weighted by Crippen LogP contribution is 2.24. The molecule has 0 saturated heterocycles. The molecule has 0 bridgehead atoms. The summed E-state index contributed by atoms with van der Waals surface area (Å²) in [5, 5.41) is 0. The molecule has 2 rings (SSSR count). The average molecular weight is 261 g/mol. The summed E-state index contributed by atoms with van der Waals surface area (Å²) in [5.41, 5.74) is 1.63. The molecule has 0 amide bonds. The molecule has 0 saturated carbocycles. The number of hydrogen-bond acceptors (Lipinski definition) is 2. The zero-order chi connectivity index (χ0) is 13.2. The van der Waals surface area contributed by atoms with Crippen LogP contribution in [0.15, 0.2) is 59.5 Å². The third-order valence-corrected chi connectivity index (χ3v) is 4.64. The minimum Gasteiger partial charge on any atom is -0.269 e. The molecule has 0 aliphatic rings. The Hall–Kier alpha value is -1.81. The van der Waals surface area contributed by atoms with E-state index in [-0.39, 0.29) is 0 Å². The summed E-state index contributed by atoms with van der Waals surface area (Å²) in [5.74, 6) is 0. The van der Waals surface area contributed by atoms with E-state index in [2.05, 4.69) is 0 Å². The molecule has 94 valence electrons. The molecule has 0 N–H and O–H groups in total. The van der Waals surface area contributed by atoms with Crippen molar-refractivity contribution in [2.24, 2.45) is 0 Å². The number of anilines is 1. The van der Waals surface area contributed by atoms with Crippen LogP contribution in [0, 0.1) is 6.92 Å². The van der Waals surface area contributed by atoms with Crippen LogP contribution >= 0.6 is 0 Å². The number of rotatable bonds is 3. The van der Waals surface area contributed by atoms with E-state index in [1.165, 1.54) is 4.31 Å². The van der Waals surface area contributed by atoms with Crippen LogP contribution in [0.2, 0.25) is 0 Å². The van der Waals surface area contributed by atoms with E-state index in [1.54, 1.807) is 43.4 Å². The number of hydrogen-bond donors (Lipinski definition) is 0. The predicted octanol–water partition coefficient (Wildman–Crippen LogP) is 2.82. The van der Waals surface area contributed by atoms with E-state index < -0.39 is 10.0 Å². The van der Waals surface area contributed by atoms with Crippen molar-refractivity contribution in [1.82, 2.24) is 0 Å². The Labute approximate surface area is 108 Å². The summed E-state index contributed by atoms with van der Waals surface area (Å²) in [6.45, 7) is 1.90. The summed E-state index contributed by atoms with van der Waals surface area (Å²) >= 11 is 0. The molecule has 3 nitrogen and oxygen atoms in total. The standard InChI is InChI=1S/C14H15NO2S/c1-12-8-6-7-11-14(12)15(2)18(16,17)13-9-4-3-5-10-13/h3-11H,1-2H3. The molecular weight excluding hydrogens is 246 g/mol. The van der Waals surface area contributed by atoms with Gasteiger partial charge in [-0.15, -0.1) is 0 Å². The second-order valence-electron chi connectivity index (χ2n) is 4.07. The van der Waals surface area contributed by atoms with Gasteiger partial charge in [0.2, 0.25) is 0 Å². The van der Waals surface area contributed by atoms with Gasteiger partial charge in [-0.05, 0) is 30.7 Å². The molecule has 0 atom stereocenters. The Morgan fingerprint density at radius 2 is 1.44 bits per heavy atom. The molecule has 0 fully saturated rings. The van der Waals surface area contributed by atoms with Crippen molar-refractivity contribution >= 4 is 15.7 Å². The summed E-state index contributed by atoms with van der Waals surface area (Å²) in [6.07, 6.45) is 0. The third kappa shape index (κ3) is 2.24. The van der Waals surface area contributed by atoms with Crippen LogP contribution in [0.5, 0.6) is 0 Å². The maximum atomic E-state index is 12.4. The van der Waals surface area contributed by atoms with Gasteiger partial charge in [-0.25, -0.2) is 8.42 Å². The second-order valence-corrected chi connectivity index (χ2v) is 6.04. The number of sulfonamides is 1. The van der Waals surface area contributed by atoms with Crippen LogP contribution in [0.4, 0.5) is 5.69 Å². The average Bonchev–Trinajstić information content (AvgIpc) is 2.39. The molecule has 0 radical (unpaired) electrons. The van der Waals surface area contributed by atoms with Gasteiger partial charge in [0.25, 0.3) is 10.0 Å². The molecule has 0 aliphatic heterocycles. The maximum absolute atomic E-state index is 12.4. The zero-order valence-corrected chi connectivity index (χ0v) is 11.2. The van der Waals surface area contributed by atoms with Crippen molar-refractivity contribution in [3.05, 3.63) is 60.2 Å². The number of para-hydroxylation sites is 1. The van der Waals surface area contributed by atoms with Gasteiger partial charge in [-0.2, -0.15) is 0 Å². The molecule has 4 heteroatoms. The number of aryl methyl sites for hydroxylation is 1. The summed E-state index contributed by atoms with van der Waals surface area (Å²) < 4.78 is 26.1. The van der Waals surface area contributed by atoms with Gasteiger partial charge >= 0.3 is 0 Å². The molecular formula is C14H15NO2S. The number of benzene rings is 2. The quantitative estimate of drug-likeness (QED) is 0.852. The Morgan fingerprint density at radius 3 is 2.06 bits per heavy atom. The first-order chi connectivity index (χ1) is 8.53. The molecule has 2 aromatic carbocycles. The van der Waals surface area contributed by atoms with Gasteiger partial charge < -0.3 is 0 Å². The SMILES string of the molecule is Cc1ccccc1N(C)S(=O)(=O)c1ccccc1. The largest absolute Gasteiger partial charge is 0.269 e. The minimum atomic E-state index is -3.48. The lowest BCUT2D eigenvalue weighted by atomic mass is 10.2. The van der Waals surface area contributed by atoms with Crippen LogP contribution < -0.4 is 4.31 Å². The van der Waals surface area contributed by atoms with Crippen LogP contribution in [-0.2, 0) is 10.0 Å². The Balaban J connectivity index is 2.47. The van der Waals surface area contributed by atoms with Crippen LogP contribution in [0.25, 0.3) is 0 Å². The molecule has 0 aliphatic carbocycles. The predicted molar refractivity (Wildman–Crippen MR) is 73.2 cm³/mol. The highest BCUT2D eigenvalue weighted by atomic mass is 32.2. The van der Waals surface area contributed by atoms with Gasteiger partial charge in [0.1, 0.15) is 0 Å². The second kappa shape index (κ2) is 4.82. The van der Waals surface area contributed by atoms with Gasteiger partial charge in [-0.3, -0.25) is 4.31 Å². The molecule has 0 heterocycles. The highest BCUT2D eigenvalue weighted by molar-refractivity contribution is 7.92. The van der Waals surface area contributed by atoms with Gasteiger partial charge in [0.05, 0.1) is 10.6 Å². The first kappa shape index (κ1) is 12.6. The van der Waals surface area contributed by atoms with E-state index in [0.717, 1.165) is 5.56 Å². The zero-order valence-electron chi connectivity index (χ0n) is 10.4. The van der Waals surface area contributed by atoms with Crippen molar-refractivity contribution in [3.8, 4) is 0 Å². The van der Waals surface area contributed by atoms with E-state index in [1.807, 2.05) is 25.1 Å². The van der Waals surface area contributed by atoms with Crippen molar-refractivity contribution < 1.29 is 8.42 Å². The first-order valence-electron chi connectivity index (χ1n) is 5.63. The summed E-state index contributed by atoms with van der Waals surface area (Å²) in [4.78, 5) is 0.302. The number of nitrogens with zero attached hydrogens (tertiary/aromatic N) is 1. The van der Waals surface area contributed by atoms with E-state index in [4.69, 9.17) is 0 Å². The lowest BCUT2D eigenvalue weighted by Gasteiger charge is -2.21. The Kier molecular flexibility index (Phi) is 3.39. The van der Waals surface area contributed by atoms with E-state index in [0.29, 0.717) is 10.6 Å². The highest BCUT2D eigenvalue weighted by Gasteiger charge is 2.21. The van der Waals surface area contributed by atoms with Crippen LogP contribution in [0.1, 0.15) is 5.56 Å². The molecule has 0 unspecified atom stereocenters. The third-order valence-electron chi connectivity index (χ3n) is 2.86. The summed E-state index contributed by atoms with van der Waals surface area (Å²) in [7, 11) is -1.91. The monoisotopic (exact) mass is 261 g/mol. The van der Waals surface area contributed by atoms with Crippen molar-refractivity contribution in [3.63, 3.8) is 0 Å². The lowest BCUT2D eigenvalue weighted by molar-refractivity contribution is 0.594. The molecule has 2 aromatic rings. The van der Waals surface area contributed by atoms with E-state index in [9.17, 15) is 8.42 Å². The fraction of sp³-hybridized carbons (Fsp3) is 0.143. The molecule has 0 spiro atoms. The normalized spacial score (nSPS) is 11.2. The van der Waals surface area contributed by atoms with Crippen LogP contribution in [0.3, 0.4) is 0 Å². The minimum absolute atomic E-state index is 0.302. The van der Waals surface area contributed by atoms with Gasteiger partial charge in [-0.1, -0.05) is 36.4 Å². The topological polar surface area (TPSA) is 37.4 Å². The first-order valence-corrected chi connectivity index (χ1v) is 7.07.